The van der Waals surface area contributed by atoms with E-state index in [1.807, 2.05) is 0 Å². The van der Waals surface area contributed by atoms with Crippen molar-refractivity contribution >= 4 is 5.91 Å². The molecule has 1 N–H and O–H groups in total. The zero-order valence-corrected chi connectivity index (χ0v) is 13.2. The highest BCUT2D eigenvalue weighted by atomic mass is 16.1. The van der Waals surface area contributed by atoms with Crippen LogP contribution < -0.4 is 5.32 Å². The number of nitrogens with one attached hydrogen (secondary N) is 1. The van der Waals surface area contributed by atoms with Crippen LogP contribution in [0, 0.1) is 29.1 Å². The van der Waals surface area contributed by atoms with Gasteiger partial charge in [0.1, 0.15) is 0 Å². The number of carbonyl (C=O) groups is 1. The van der Waals surface area contributed by atoms with Crippen LogP contribution >= 0.6 is 0 Å². The molecule has 2 heteroatoms. The minimum Gasteiger partial charge on any atom is -0.347 e. The molecule has 2 unspecified atom stereocenters. The summed E-state index contributed by atoms with van der Waals surface area (Å²) in [4.78, 5) is 12.0. The highest BCUT2D eigenvalue weighted by molar-refractivity contribution is 5.87. The number of carbonyl (C=O) groups excluding carboxylic acids is 1. The molecule has 4 aliphatic rings. The van der Waals surface area contributed by atoms with E-state index in [4.69, 9.17) is 0 Å². The van der Waals surface area contributed by atoms with Gasteiger partial charge in [-0.2, -0.15) is 0 Å². The first-order valence-corrected chi connectivity index (χ1v) is 8.31. The fourth-order valence-corrected chi connectivity index (χ4v) is 6.03. The maximum Gasteiger partial charge on any atom is 0.243 e. The van der Waals surface area contributed by atoms with Crippen LogP contribution in [0.5, 0.6) is 0 Å². The Morgan fingerprint density at radius 2 is 1.90 bits per heavy atom. The third-order valence-corrected chi connectivity index (χ3v) is 6.24. The van der Waals surface area contributed by atoms with Crippen LogP contribution in [0.4, 0.5) is 0 Å². The smallest absolute Gasteiger partial charge is 0.243 e. The second-order valence-electron chi connectivity index (χ2n) is 8.49. The topological polar surface area (TPSA) is 29.1 Å². The summed E-state index contributed by atoms with van der Waals surface area (Å²) in [6, 6.07) is 0. The average molecular weight is 275 g/mol. The molecule has 4 rings (SSSR count). The summed E-state index contributed by atoms with van der Waals surface area (Å²) in [5.41, 5.74) is 0.603. The zero-order chi connectivity index (χ0) is 14.5. The number of hydrogen-bond donors (Lipinski definition) is 1. The van der Waals surface area contributed by atoms with Gasteiger partial charge in [-0.15, -0.1) is 0 Å². The molecular weight excluding hydrogens is 246 g/mol. The second kappa shape index (κ2) is 4.61. The molecule has 4 fully saturated rings. The van der Waals surface area contributed by atoms with Crippen LogP contribution in [0.15, 0.2) is 12.7 Å². The minimum atomic E-state index is 0.0308. The van der Waals surface area contributed by atoms with Gasteiger partial charge >= 0.3 is 0 Å². The molecular formula is C18H29NO. The molecule has 2 atom stereocenters. The molecule has 4 bridgehead atoms. The molecule has 0 radical (unpaired) electrons. The summed E-state index contributed by atoms with van der Waals surface area (Å²) in [7, 11) is 0. The van der Waals surface area contributed by atoms with E-state index in [-0.39, 0.29) is 11.4 Å². The standard InChI is InChI=1S/C18H29NO/c1-5-16(20)19-18(8-12(2)3)14-6-13-7-15(18)11-17(4,9-13)10-14/h5,12-15H,1,6-11H2,2-4H3,(H,19,20). The maximum absolute atomic E-state index is 12.0. The average Bonchev–Trinajstić information content (AvgIpc) is 2.33. The van der Waals surface area contributed by atoms with E-state index < -0.39 is 0 Å². The monoisotopic (exact) mass is 275 g/mol. The molecule has 0 spiro atoms. The van der Waals surface area contributed by atoms with Crippen molar-refractivity contribution in [2.45, 2.75) is 64.8 Å². The van der Waals surface area contributed by atoms with Gasteiger partial charge in [0.05, 0.1) is 0 Å². The lowest BCUT2D eigenvalue weighted by atomic mass is 9.43. The molecule has 0 aromatic heterocycles. The van der Waals surface area contributed by atoms with E-state index in [0.29, 0.717) is 23.2 Å². The molecule has 2 nitrogen and oxygen atoms in total. The zero-order valence-electron chi connectivity index (χ0n) is 13.2. The van der Waals surface area contributed by atoms with Crippen molar-refractivity contribution < 1.29 is 4.79 Å². The highest BCUT2D eigenvalue weighted by Crippen LogP contribution is 2.64. The van der Waals surface area contributed by atoms with Crippen LogP contribution in [0.1, 0.15) is 59.3 Å². The molecule has 4 aliphatic carbocycles. The number of hydrogen-bond acceptors (Lipinski definition) is 1. The summed E-state index contributed by atoms with van der Waals surface area (Å²) in [5, 5.41) is 3.42. The van der Waals surface area contributed by atoms with Crippen LogP contribution in [0.25, 0.3) is 0 Å². The fourth-order valence-electron chi connectivity index (χ4n) is 6.03. The predicted molar refractivity (Wildman–Crippen MR) is 82.2 cm³/mol. The summed E-state index contributed by atoms with van der Waals surface area (Å²) in [6.07, 6.45) is 9.29. The van der Waals surface area contributed by atoms with Gasteiger partial charge in [-0.05, 0) is 73.7 Å². The number of amides is 1. The Hall–Kier alpha value is -0.790. The third kappa shape index (κ3) is 2.12. The molecule has 1 amide bonds. The minimum absolute atomic E-state index is 0.0308. The van der Waals surface area contributed by atoms with Gasteiger partial charge < -0.3 is 5.32 Å². The van der Waals surface area contributed by atoms with E-state index in [2.05, 4.69) is 32.7 Å². The SMILES string of the molecule is C=CC(=O)NC1(CC(C)C)C2CC3CC1CC(C)(C3)C2. The molecule has 0 heterocycles. The van der Waals surface area contributed by atoms with Crippen molar-refractivity contribution in [1.29, 1.82) is 0 Å². The molecule has 112 valence electrons. The highest BCUT2D eigenvalue weighted by Gasteiger charge is 2.60. The van der Waals surface area contributed by atoms with Crippen molar-refractivity contribution in [2.24, 2.45) is 29.1 Å². The lowest BCUT2D eigenvalue weighted by Gasteiger charge is -2.65. The first-order chi connectivity index (χ1) is 9.37. The largest absolute Gasteiger partial charge is 0.347 e. The van der Waals surface area contributed by atoms with Crippen LogP contribution in [-0.4, -0.2) is 11.4 Å². The van der Waals surface area contributed by atoms with Gasteiger partial charge in [-0.3, -0.25) is 4.79 Å². The third-order valence-electron chi connectivity index (χ3n) is 6.24. The predicted octanol–water partition coefficient (Wildman–Crippen LogP) is 3.92. The van der Waals surface area contributed by atoms with Gasteiger partial charge in [0.2, 0.25) is 5.91 Å². The van der Waals surface area contributed by atoms with Gasteiger partial charge in [-0.25, -0.2) is 0 Å². The maximum atomic E-state index is 12.0. The van der Waals surface area contributed by atoms with Gasteiger partial charge in [-0.1, -0.05) is 27.4 Å². The van der Waals surface area contributed by atoms with Gasteiger partial charge in [0.15, 0.2) is 0 Å². The van der Waals surface area contributed by atoms with E-state index in [1.165, 1.54) is 38.2 Å². The fraction of sp³-hybridized carbons (Fsp3) is 0.833. The normalized spacial score (nSPS) is 45.7. The first kappa shape index (κ1) is 14.2. The quantitative estimate of drug-likeness (QED) is 0.774. The number of rotatable bonds is 4. The molecule has 0 aromatic carbocycles. The van der Waals surface area contributed by atoms with Crippen molar-refractivity contribution in [2.75, 3.05) is 0 Å². The lowest BCUT2D eigenvalue weighted by molar-refractivity contribution is -0.140. The van der Waals surface area contributed by atoms with E-state index in [0.717, 1.165) is 12.3 Å². The van der Waals surface area contributed by atoms with Crippen molar-refractivity contribution in [3.05, 3.63) is 12.7 Å². The van der Waals surface area contributed by atoms with Crippen molar-refractivity contribution in [3.8, 4) is 0 Å². The van der Waals surface area contributed by atoms with E-state index >= 15 is 0 Å². The van der Waals surface area contributed by atoms with Gasteiger partial charge in [0, 0.05) is 5.54 Å². The Balaban J connectivity index is 1.93. The summed E-state index contributed by atoms with van der Waals surface area (Å²) in [5.74, 6) is 2.95. The Morgan fingerprint density at radius 1 is 1.30 bits per heavy atom. The van der Waals surface area contributed by atoms with Crippen LogP contribution in [0.2, 0.25) is 0 Å². The first-order valence-electron chi connectivity index (χ1n) is 8.31. The van der Waals surface area contributed by atoms with Gasteiger partial charge in [0.25, 0.3) is 0 Å². The summed E-state index contributed by atoms with van der Waals surface area (Å²) < 4.78 is 0. The summed E-state index contributed by atoms with van der Waals surface area (Å²) >= 11 is 0. The van der Waals surface area contributed by atoms with Crippen molar-refractivity contribution in [1.82, 2.24) is 5.32 Å². The van der Waals surface area contributed by atoms with Crippen LogP contribution in [-0.2, 0) is 4.79 Å². The van der Waals surface area contributed by atoms with Crippen molar-refractivity contribution in [3.63, 3.8) is 0 Å². The Kier molecular flexibility index (Phi) is 3.26. The van der Waals surface area contributed by atoms with E-state index in [9.17, 15) is 4.79 Å². The Labute approximate surface area is 123 Å². The van der Waals surface area contributed by atoms with E-state index in [1.54, 1.807) is 0 Å². The second-order valence-corrected chi connectivity index (χ2v) is 8.49. The summed E-state index contributed by atoms with van der Waals surface area (Å²) in [6.45, 7) is 10.7. The molecule has 4 saturated carbocycles. The molecule has 0 aromatic rings. The Bertz CT molecular complexity index is 409. The molecule has 20 heavy (non-hydrogen) atoms. The Morgan fingerprint density at radius 3 is 2.35 bits per heavy atom. The molecule has 0 saturated heterocycles. The van der Waals surface area contributed by atoms with Crippen LogP contribution in [0.3, 0.4) is 0 Å². The molecule has 0 aliphatic heterocycles. The lowest BCUT2D eigenvalue weighted by Crippen LogP contribution is -2.68.